The van der Waals surface area contributed by atoms with Crippen molar-refractivity contribution in [3.63, 3.8) is 0 Å². The average molecular weight is 195 g/mol. The van der Waals surface area contributed by atoms with Crippen molar-refractivity contribution >= 4 is 23.2 Å². The molecule has 0 aliphatic heterocycles. The predicted molar refractivity (Wildman–Crippen MR) is 49.2 cm³/mol. The minimum Gasteiger partial charge on any atom is -0.290 e. The summed E-state index contributed by atoms with van der Waals surface area (Å²) in [7, 11) is 0. The van der Waals surface area contributed by atoms with Gasteiger partial charge in [-0.15, -0.1) is 0 Å². The number of carbonyl (C=O) groups is 2. The third-order valence-electron chi connectivity index (χ3n) is 2.31. The fraction of sp³-hybridized carbons (Fsp3) is 0.200. The number of halogens is 1. The van der Waals surface area contributed by atoms with E-state index in [2.05, 4.69) is 0 Å². The molecule has 0 N–H and O–H groups in total. The van der Waals surface area contributed by atoms with Gasteiger partial charge in [0, 0.05) is 12.0 Å². The summed E-state index contributed by atoms with van der Waals surface area (Å²) in [5.41, 5.74) is 2.16. The van der Waals surface area contributed by atoms with Gasteiger partial charge in [0.05, 0.1) is 5.02 Å². The number of carbonyl (C=O) groups excluding carboxylic acids is 2. The first-order valence-corrected chi connectivity index (χ1v) is 4.34. The lowest BCUT2D eigenvalue weighted by molar-refractivity contribution is -0.114. The molecule has 1 aromatic carbocycles. The van der Waals surface area contributed by atoms with Gasteiger partial charge in [-0.05, 0) is 24.1 Å². The first kappa shape index (κ1) is 8.45. The van der Waals surface area contributed by atoms with Crippen molar-refractivity contribution in [2.45, 2.75) is 13.3 Å². The van der Waals surface area contributed by atoms with Gasteiger partial charge in [-0.2, -0.15) is 0 Å². The van der Waals surface area contributed by atoms with E-state index in [4.69, 9.17) is 11.6 Å². The fourth-order valence-corrected chi connectivity index (χ4v) is 1.84. The van der Waals surface area contributed by atoms with Crippen LogP contribution in [0.3, 0.4) is 0 Å². The molecule has 3 heteroatoms. The predicted octanol–water partition coefficient (Wildman–Crippen LogP) is 1.96. The third kappa shape index (κ3) is 1.10. The molecule has 1 aromatic rings. The highest BCUT2D eigenvalue weighted by Gasteiger charge is 2.31. The van der Waals surface area contributed by atoms with Gasteiger partial charge in [0.1, 0.15) is 0 Å². The summed E-state index contributed by atoms with van der Waals surface area (Å²) in [6, 6.07) is 3.49. The van der Waals surface area contributed by atoms with Crippen molar-refractivity contribution in [2.24, 2.45) is 0 Å². The first-order valence-electron chi connectivity index (χ1n) is 3.97. The van der Waals surface area contributed by atoms with Gasteiger partial charge in [0.25, 0.3) is 0 Å². The van der Waals surface area contributed by atoms with Crippen molar-refractivity contribution in [3.05, 3.63) is 33.8 Å². The van der Waals surface area contributed by atoms with Gasteiger partial charge in [-0.25, -0.2) is 0 Å². The molecule has 2 rings (SSSR count). The summed E-state index contributed by atoms with van der Waals surface area (Å²) in [5.74, 6) is -0.796. The number of benzene rings is 1. The van der Waals surface area contributed by atoms with Gasteiger partial charge in [-0.1, -0.05) is 17.7 Å². The Bertz CT molecular complexity index is 421. The number of ketones is 2. The van der Waals surface area contributed by atoms with Crippen LogP contribution in [0.1, 0.15) is 21.5 Å². The van der Waals surface area contributed by atoms with E-state index in [1.165, 1.54) is 0 Å². The number of rotatable bonds is 0. The molecule has 0 bridgehead atoms. The van der Waals surface area contributed by atoms with E-state index in [-0.39, 0.29) is 12.2 Å². The van der Waals surface area contributed by atoms with Crippen LogP contribution in [-0.4, -0.2) is 11.6 Å². The standard InChI is InChI=1S/C10H7ClO2/c1-5-2-3-7(11)9-6(5)4-8(12)10(9)13/h2-3H,4H2,1H3. The largest absolute Gasteiger partial charge is 0.290 e. The fourth-order valence-electron chi connectivity index (χ4n) is 1.58. The van der Waals surface area contributed by atoms with Gasteiger partial charge < -0.3 is 0 Å². The molecule has 0 unspecified atom stereocenters. The molecule has 0 aromatic heterocycles. The van der Waals surface area contributed by atoms with Gasteiger partial charge in [0.2, 0.25) is 11.6 Å². The van der Waals surface area contributed by atoms with Crippen molar-refractivity contribution in [3.8, 4) is 0 Å². The second-order valence-corrected chi connectivity index (χ2v) is 3.55. The maximum atomic E-state index is 11.3. The molecule has 1 aliphatic carbocycles. The number of hydrogen-bond donors (Lipinski definition) is 0. The molecule has 66 valence electrons. The van der Waals surface area contributed by atoms with E-state index < -0.39 is 5.78 Å². The smallest absolute Gasteiger partial charge is 0.230 e. The third-order valence-corrected chi connectivity index (χ3v) is 2.63. The second kappa shape index (κ2) is 2.67. The van der Waals surface area contributed by atoms with Crippen LogP contribution in [0, 0.1) is 6.92 Å². The van der Waals surface area contributed by atoms with Crippen LogP contribution < -0.4 is 0 Å². The van der Waals surface area contributed by atoms with Gasteiger partial charge in [-0.3, -0.25) is 9.59 Å². The molecule has 0 saturated carbocycles. The Morgan fingerprint density at radius 2 is 2.00 bits per heavy atom. The molecule has 0 spiro atoms. The van der Waals surface area contributed by atoms with E-state index in [0.717, 1.165) is 11.1 Å². The SMILES string of the molecule is Cc1ccc(Cl)c2c1CC(=O)C2=O. The molecule has 0 atom stereocenters. The van der Waals surface area contributed by atoms with Crippen molar-refractivity contribution < 1.29 is 9.59 Å². The van der Waals surface area contributed by atoms with Crippen LogP contribution in [0.15, 0.2) is 12.1 Å². The Balaban J connectivity index is 2.75. The van der Waals surface area contributed by atoms with Crippen LogP contribution in [0.5, 0.6) is 0 Å². The molecule has 0 amide bonds. The Hall–Kier alpha value is -1.15. The van der Waals surface area contributed by atoms with E-state index in [9.17, 15) is 9.59 Å². The number of fused-ring (bicyclic) bond motifs is 1. The van der Waals surface area contributed by atoms with Crippen LogP contribution in [0.2, 0.25) is 5.02 Å². The van der Waals surface area contributed by atoms with E-state index in [0.29, 0.717) is 10.6 Å². The number of aryl methyl sites for hydroxylation is 1. The highest BCUT2D eigenvalue weighted by molar-refractivity contribution is 6.51. The summed E-state index contributed by atoms with van der Waals surface area (Å²) in [6.07, 6.45) is 0.209. The molecule has 2 nitrogen and oxygen atoms in total. The second-order valence-electron chi connectivity index (χ2n) is 3.15. The van der Waals surface area contributed by atoms with Crippen LogP contribution >= 0.6 is 11.6 Å². The Morgan fingerprint density at radius 3 is 2.62 bits per heavy atom. The maximum absolute atomic E-state index is 11.3. The molecule has 0 radical (unpaired) electrons. The number of Topliss-reactive ketones (excluding diaryl/α,β-unsaturated/α-hetero) is 2. The zero-order valence-electron chi connectivity index (χ0n) is 7.06. The van der Waals surface area contributed by atoms with Crippen LogP contribution in [0.25, 0.3) is 0 Å². The summed E-state index contributed by atoms with van der Waals surface area (Å²) in [4.78, 5) is 22.5. The first-order chi connectivity index (χ1) is 6.11. The van der Waals surface area contributed by atoms with Crippen molar-refractivity contribution in [1.82, 2.24) is 0 Å². The van der Waals surface area contributed by atoms with Gasteiger partial charge in [0.15, 0.2) is 0 Å². The Kier molecular flexibility index (Phi) is 1.74. The average Bonchev–Trinajstić information content (AvgIpc) is 2.38. The summed E-state index contributed by atoms with van der Waals surface area (Å²) in [5, 5.41) is 0.386. The monoisotopic (exact) mass is 194 g/mol. The minimum atomic E-state index is -0.441. The normalized spacial score (nSPS) is 14.9. The molecular formula is C10H7ClO2. The molecule has 0 heterocycles. The topological polar surface area (TPSA) is 34.1 Å². The number of hydrogen-bond acceptors (Lipinski definition) is 2. The molecule has 0 saturated heterocycles. The molecule has 13 heavy (non-hydrogen) atoms. The molecule has 0 fully saturated rings. The quantitative estimate of drug-likeness (QED) is 0.592. The summed E-state index contributed by atoms with van der Waals surface area (Å²) in [6.45, 7) is 1.88. The highest BCUT2D eigenvalue weighted by atomic mass is 35.5. The van der Waals surface area contributed by atoms with Gasteiger partial charge >= 0.3 is 0 Å². The lowest BCUT2D eigenvalue weighted by atomic mass is 10.0. The summed E-state index contributed by atoms with van der Waals surface area (Å²) >= 11 is 5.83. The maximum Gasteiger partial charge on any atom is 0.230 e. The van der Waals surface area contributed by atoms with Crippen LogP contribution in [-0.2, 0) is 11.2 Å². The van der Waals surface area contributed by atoms with Crippen molar-refractivity contribution in [1.29, 1.82) is 0 Å². The Morgan fingerprint density at radius 1 is 1.31 bits per heavy atom. The zero-order chi connectivity index (χ0) is 9.59. The highest BCUT2D eigenvalue weighted by Crippen LogP contribution is 2.29. The van der Waals surface area contributed by atoms with E-state index in [1.54, 1.807) is 6.07 Å². The van der Waals surface area contributed by atoms with Crippen LogP contribution in [0.4, 0.5) is 0 Å². The lowest BCUT2D eigenvalue weighted by Gasteiger charge is -2.02. The van der Waals surface area contributed by atoms with Crippen molar-refractivity contribution in [2.75, 3.05) is 0 Å². The summed E-state index contributed by atoms with van der Waals surface area (Å²) < 4.78 is 0. The minimum absolute atomic E-state index is 0.209. The van der Waals surface area contributed by atoms with E-state index >= 15 is 0 Å². The zero-order valence-corrected chi connectivity index (χ0v) is 7.81. The Labute approximate surface area is 80.5 Å². The lowest BCUT2D eigenvalue weighted by Crippen LogP contribution is -2.06. The molecular weight excluding hydrogens is 188 g/mol. The molecule has 1 aliphatic rings. The van der Waals surface area contributed by atoms with E-state index in [1.807, 2.05) is 13.0 Å².